The Bertz CT molecular complexity index is 1270. The molecule has 4 rings (SSSR count). The van der Waals surface area contributed by atoms with Crippen LogP contribution in [0.3, 0.4) is 0 Å². The number of unbranched alkanes of at least 4 members (excludes halogenated alkanes) is 2. The predicted molar refractivity (Wildman–Crippen MR) is 156 cm³/mol. The number of nitrogens with one attached hydrogen (secondary N) is 1. The van der Waals surface area contributed by atoms with Crippen molar-refractivity contribution >= 4 is 61.7 Å². The number of carbonyl (C=O) groups is 1. The quantitative estimate of drug-likeness (QED) is 0.121. The minimum Gasteiger partial charge on any atom is -0.377 e. The third-order valence-corrected chi connectivity index (χ3v) is 7.12. The Kier molecular flexibility index (Phi) is 8.11. The van der Waals surface area contributed by atoms with E-state index in [0.717, 1.165) is 34.9 Å². The lowest BCUT2D eigenvalue weighted by molar-refractivity contribution is -0.645. The number of pyridine rings is 1. The molecule has 0 saturated heterocycles. The van der Waals surface area contributed by atoms with Crippen molar-refractivity contribution in [1.82, 2.24) is 5.32 Å². The van der Waals surface area contributed by atoms with Gasteiger partial charge in [-0.1, -0.05) is 0 Å². The standard InChI is InChI=1S/C29H33IN4O/c1-32(2)25-14-10-22-18-23-11-15-26(33(3)4)20-28(23)34(27(22)19-25)17-7-5-6-16-31-29(35)21-8-12-24(30)13-9-21/h8-15,18-20H,5-7,16-17H2,1-4H3/p+1/i30-2. The number of carbonyl (C=O) groups excluding carboxylic acids is 1. The molecule has 0 bridgehead atoms. The summed E-state index contributed by atoms with van der Waals surface area (Å²) in [6, 6.07) is 23.4. The third-order valence-electron chi connectivity index (χ3n) is 6.40. The zero-order valence-corrected chi connectivity index (χ0v) is 23.2. The van der Waals surface area contributed by atoms with Gasteiger partial charge in [-0.3, -0.25) is 4.79 Å². The number of benzene rings is 3. The van der Waals surface area contributed by atoms with Crippen molar-refractivity contribution in [3.8, 4) is 0 Å². The highest BCUT2D eigenvalue weighted by Crippen LogP contribution is 2.25. The summed E-state index contributed by atoms with van der Waals surface area (Å²) >= 11 is 2.25. The molecule has 0 spiro atoms. The molecule has 1 heterocycles. The van der Waals surface area contributed by atoms with Crippen LogP contribution in [0.5, 0.6) is 0 Å². The molecule has 0 aliphatic carbocycles. The van der Waals surface area contributed by atoms with Crippen LogP contribution in [-0.4, -0.2) is 40.6 Å². The van der Waals surface area contributed by atoms with Gasteiger partial charge in [-0.25, -0.2) is 0 Å². The molecule has 3 aromatic carbocycles. The van der Waals surface area contributed by atoms with Gasteiger partial charge in [-0.2, -0.15) is 4.57 Å². The van der Waals surface area contributed by atoms with Gasteiger partial charge in [-0.05, 0) is 90.0 Å². The van der Waals surface area contributed by atoms with Crippen molar-refractivity contribution in [2.75, 3.05) is 44.5 Å². The van der Waals surface area contributed by atoms with E-state index in [1.54, 1.807) is 0 Å². The topological polar surface area (TPSA) is 39.5 Å². The maximum atomic E-state index is 12.4. The zero-order valence-electron chi connectivity index (χ0n) is 21.0. The maximum absolute atomic E-state index is 12.4. The second-order valence-electron chi connectivity index (χ2n) is 9.39. The number of rotatable bonds is 9. The Morgan fingerprint density at radius 2 is 1.34 bits per heavy atom. The van der Waals surface area contributed by atoms with E-state index in [4.69, 9.17) is 0 Å². The minimum absolute atomic E-state index is 0.00301. The van der Waals surface area contributed by atoms with Crippen molar-refractivity contribution in [3.63, 3.8) is 0 Å². The van der Waals surface area contributed by atoms with Gasteiger partial charge >= 0.3 is 0 Å². The van der Waals surface area contributed by atoms with Gasteiger partial charge in [0.15, 0.2) is 0 Å². The number of aromatic nitrogens is 1. The predicted octanol–water partition coefficient (Wildman–Crippen LogP) is 5.62. The number of hydrogen-bond acceptors (Lipinski definition) is 3. The van der Waals surface area contributed by atoms with E-state index in [2.05, 4.69) is 113 Å². The number of halogens is 1. The maximum Gasteiger partial charge on any atom is 0.251 e. The number of amides is 1. The van der Waals surface area contributed by atoms with Crippen molar-refractivity contribution < 1.29 is 9.36 Å². The van der Waals surface area contributed by atoms with Crippen molar-refractivity contribution in [1.29, 1.82) is 0 Å². The molecule has 1 aromatic heterocycles. The number of anilines is 2. The van der Waals surface area contributed by atoms with E-state index >= 15 is 0 Å². The first-order valence-corrected chi connectivity index (χ1v) is 13.2. The second-order valence-corrected chi connectivity index (χ2v) is 10.6. The Hall–Kier alpha value is -2.87. The largest absolute Gasteiger partial charge is 0.377 e. The second kappa shape index (κ2) is 11.2. The molecule has 35 heavy (non-hydrogen) atoms. The molecule has 0 radical (unpaired) electrons. The molecule has 0 aliphatic heterocycles. The Morgan fingerprint density at radius 3 is 1.89 bits per heavy atom. The number of hydrogen-bond donors (Lipinski definition) is 1. The highest BCUT2D eigenvalue weighted by molar-refractivity contribution is 14.1. The summed E-state index contributed by atoms with van der Waals surface area (Å²) in [6.07, 6.45) is 3.07. The van der Waals surface area contributed by atoms with Gasteiger partial charge < -0.3 is 15.1 Å². The number of nitrogens with zero attached hydrogens (tertiary/aromatic N) is 3. The summed E-state index contributed by atoms with van der Waals surface area (Å²) in [6.45, 7) is 1.63. The van der Waals surface area contributed by atoms with E-state index in [1.165, 1.54) is 33.2 Å². The fraction of sp³-hybridized carbons (Fsp3) is 0.310. The summed E-state index contributed by atoms with van der Waals surface area (Å²) in [5.41, 5.74) is 5.63. The lowest BCUT2D eigenvalue weighted by Crippen LogP contribution is -2.36. The van der Waals surface area contributed by atoms with Crippen LogP contribution in [0.4, 0.5) is 11.4 Å². The minimum atomic E-state index is 0.00301. The average Bonchev–Trinajstić information content (AvgIpc) is 2.85. The van der Waals surface area contributed by atoms with Crippen molar-refractivity contribution in [2.24, 2.45) is 0 Å². The summed E-state index contributed by atoms with van der Waals surface area (Å²) < 4.78 is 3.60. The third kappa shape index (κ3) is 6.04. The van der Waals surface area contributed by atoms with Crippen LogP contribution in [0.1, 0.15) is 29.6 Å². The molecule has 0 unspecified atom stereocenters. The Morgan fingerprint density at radius 1 is 0.771 bits per heavy atom. The number of aryl methyl sites for hydroxylation is 1. The fourth-order valence-electron chi connectivity index (χ4n) is 4.35. The molecule has 1 N–H and O–H groups in total. The van der Waals surface area contributed by atoms with E-state index in [9.17, 15) is 4.79 Å². The van der Waals surface area contributed by atoms with Gasteiger partial charge in [0.1, 0.15) is 6.54 Å². The summed E-state index contributed by atoms with van der Waals surface area (Å²) in [4.78, 5) is 16.7. The zero-order chi connectivity index (χ0) is 24.9. The van der Waals surface area contributed by atoms with E-state index in [-0.39, 0.29) is 5.91 Å². The van der Waals surface area contributed by atoms with Crippen LogP contribution in [0.2, 0.25) is 0 Å². The molecule has 6 heteroatoms. The van der Waals surface area contributed by atoms with Crippen LogP contribution in [0, 0.1) is 3.57 Å². The van der Waals surface area contributed by atoms with Gasteiger partial charge in [0, 0.05) is 84.6 Å². The van der Waals surface area contributed by atoms with Crippen LogP contribution >= 0.6 is 22.6 Å². The smallest absolute Gasteiger partial charge is 0.251 e. The molecule has 182 valence electrons. The lowest BCUT2D eigenvalue weighted by atomic mass is 10.1. The van der Waals surface area contributed by atoms with Crippen molar-refractivity contribution in [3.05, 3.63) is 75.9 Å². The SMILES string of the molecule is CN(C)c1ccc2cc3ccc(N(C)C)cc3[n+](CCCCCNC(=O)c3ccc([125I])cc3)c2c1. The van der Waals surface area contributed by atoms with Gasteiger partial charge in [0.2, 0.25) is 11.0 Å². The molecular formula is C29H34IN4O+. The van der Waals surface area contributed by atoms with E-state index in [0.29, 0.717) is 6.54 Å². The molecule has 0 fully saturated rings. The van der Waals surface area contributed by atoms with Gasteiger partial charge in [0.05, 0.1) is 0 Å². The molecule has 0 saturated carbocycles. The van der Waals surface area contributed by atoms with Crippen LogP contribution in [0.15, 0.2) is 66.7 Å². The summed E-state index contributed by atoms with van der Waals surface area (Å²) in [7, 11) is 8.34. The van der Waals surface area contributed by atoms with Crippen molar-refractivity contribution in [2.45, 2.75) is 25.8 Å². The van der Waals surface area contributed by atoms with Crippen LogP contribution in [0.25, 0.3) is 21.8 Å². The van der Waals surface area contributed by atoms with Crippen LogP contribution < -0.4 is 19.7 Å². The molecule has 4 aromatic rings. The number of fused-ring (bicyclic) bond motifs is 2. The molecule has 0 aliphatic rings. The Labute approximate surface area is 221 Å². The monoisotopic (exact) mass is 579 g/mol. The first kappa shape index (κ1) is 25.2. The highest BCUT2D eigenvalue weighted by Gasteiger charge is 2.17. The molecule has 1 amide bonds. The fourth-order valence-corrected chi connectivity index (χ4v) is 4.71. The first-order valence-electron chi connectivity index (χ1n) is 12.1. The highest BCUT2D eigenvalue weighted by atomic mass is 125. The van der Waals surface area contributed by atoms with Gasteiger partial charge in [-0.15, -0.1) is 0 Å². The lowest BCUT2D eigenvalue weighted by Gasteiger charge is -2.15. The first-order chi connectivity index (χ1) is 16.8. The molecular weight excluding hydrogens is 545 g/mol. The molecule has 5 nitrogen and oxygen atoms in total. The van der Waals surface area contributed by atoms with Gasteiger partial charge in [0.25, 0.3) is 5.91 Å². The Balaban J connectivity index is 1.49. The normalized spacial score (nSPS) is 11.1. The van der Waals surface area contributed by atoms with E-state index in [1.807, 2.05) is 24.3 Å². The van der Waals surface area contributed by atoms with E-state index < -0.39 is 0 Å². The summed E-state index contributed by atoms with van der Waals surface area (Å²) in [5.74, 6) is 0.00301. The summed E-state index contributed by atoms with van der Waals surface area (Å²) in [5, 5.41) is 5.57. The van der Waals surface area contributed by atoms with Crippen LogP contribution in [-0.2, 0) is 6.54 Å². The molecule has 0 atom stereocenters. The average molecular weight is 580 g/mol.